The standard InChI is InChI=1S/C73H124O6/c1-4-7-10-13-16-19-22-25-27-29-31-32-33-34-35-36-37-38-39-40-42-43-45-48-51-54-57-60-63-66-72(75)78-69-70(68-77-71(74)65-62-59-56-53-50-47-24-21-18-15-12-9-6-3)79-73(76)67-64-61-58-55-52-49-46-44-41-30-28-26-23-20-17-14-11-8-5-2/h7,10,16-17,19-20,25-28,31-32,34-35,37-38,41,44,70H,4-6,8-9,11-15,18,21-24,29-30,33,36,39-40,42-43,45-69H2,1-3H3/b10-7-,19-16-,20-17-,27-25-,28-26-,32-31-,35-34-,38-37-,44-41-. The number of carbonyl (C=O) groups excluding carboxylic acids is 3. The number of ether oxygens (including phenoxy) is 3. The summed E-state index contributed by atoms with van der Waals surface area (Å²) in [5.41, 5.74) is 0. The first-order valence-electron chi connectivity index (χ1n) is 33.4. The minimum atomic E-state index is -0.788. The molecule has 0 saturated carbocycles. The fourth-order valence-corrected chi connectivity index (χ4v) is 9.28. The second-order valence-corrected chi connectivity index (χ2v) is 22.0. The number of hydrogen-bond acceptors (Lipinski definition) is 6. The van der Waals surface area contributed by atoms with E-state index in [9.17, 15) is 14.4 Å². The molecular weight excluding hydrogens is 973 g/mol. The zero-order chi connectivity index (χ0) is 57.1. The normalized spacial score (nSPS) is 12.8. The van der Waals surface area contributed by atoms with Gasteiger partial charge in [-0.05, 0) is 109 Å². The van der Waals surface area contributed by atoms with E-state index < -0.39 is 6.10 Å². The van der Waals surface area contributed by atoms with Crippen LogP contribution >= 0.6 is 0 Å². The first-order valence-corrected chi connectivity index (χ1v) is 33.4. The highest BCUT2D eigenvalue weighted by Crippen LogP contribution is 2.16. The van der Waals surface area contributed by atoms with E-state index in [0.29, 0.717) is 19.3 Å². The number of allylic oxidation sites excluding steroid dienone is 18. The van der Waals surface area contributed by atoms with E-state index in [0.717, 1.165) is 122 Å². The van der Waals surface area contributed by atoms with E-state index in [1.54, 1.807) is 0 Å². The third-order valence-electron chi connectivity index (χ3n) is 14.3. The zero-order valence-corrected chi connectivity index (χ0v) is 51.9. The molecule has 452 valence electrons. The quantitative estimate of drug-likeness (QED) is 0.0261. The minimum absolute atomic E-state index is 0.0823. The van der Waals surface area contributed by atoms with Crippen molar-refractivity contribution in [3.05, 3.63) is 109 Å². The lowest BCUT2D eigenvalue weighted by Gasteiger charge is -2.18. The molecule has 1 atom stereocenters. The summed E-state index contributed by atoms with van der Waals surface area (Å²) in [5.74, 6) is -0.889. The van der Waals surface area contributed by atoms with Gasteiger partial charge in [0.1, 0.15) is 13.2 Å². The fourth-order valence-electron chi connectivity index (χ4n) is 9.28. The third kappa shape index (κ3) is 64.8. The molecule has 79 heavy (non-hydrogen) atoms. The molecule has 6 heteroatoms. The molecule has 0 fully saturated rings. The summed E-state index contributed by atoms with van der Waals surface area (Å²) in [5, 5.41) is 0. The maximum atomic E-state index is 12.9. The Morgan fingerprint density at radius 1 is 0.266 bits per heavy atom. The predicted octanol–water partition coefficient (Wildman–Crippen LogP) is 23.0. The van der Waals surface area contributed by atoms with Gasteiger partial charge in [0, 0.05) is 19.3 Å². The average molecular weight is 1100 g/mol. The van der Waals surface area contributed by atoms with Crippen LogP contribution in [-0.4, -0.2) is 37.2 Å². The number of rotatable bonds is 60. The van der Waals surface area contributed by atoms with Gasteiger partial charge in [-0.25, -0.2) is 0 Å². The monoisotopic (exact) mass is 1100 g/mol. The van der Waals surface area contributed by atoms with E-state index in [4.69, 9.17) is 14.2 Å². The van der Waals surface area contributed by atoms with E-state index >= 15 is 0 Å². The largest absolute Gasteiger partial charge is 0.462 e. The summed E-state index contributed by atoms with van der Waals surface area (Å²) in [4.78, 5) is 38.4. The smallest absolute Gasteiger partial charge is 0.306 e. The van der Waals surface area contributed by atoms with Gasteiger partial charge in [0.05, 0.1) is 0 Å². The van der Waals surface area contributed by atoms with Crippen LogP contribution in [0.3, 0.4) is 0 Å². The van der Waals surface area contributed by atoms with Gasteiger partial charge in [0.15, 0.2) is 6.10 Å². The molecule has 0 aliphatic heterocycles. The Hall–Kier alpha value is -3.93. The highest BCUT2D eigenvalue weighted by atomic mass is 16.6. The van der Waals surface area contributed by atoms with Crippen molar-refractivity contribution in [2.45, 2.75) is 322 Å². The SMILES string of the molecule is CC/C=C\C/C=C\C/C=C\C/C=C\C/C=C\C/C=C\CCCCCCCCCCCCC(=O)OCC(COC(=O)CCCCCCCCCCCCCCC)OC(=O)CCCCCCCC/C=C\C/C=C\C/C=C\CCCCC. The molecule has 1 unspecified atom stereocenters. The molecule has 0 radical (unpaired) electrons. The van der Waals surface area contributed by atoms with E-state index in [1.807, 2.05) is 0 Å². The first kappa shape index (κ1) is 75.1. The topological polar surface area (TPSA) is 78.9 Å². The summed E-state index contributed by atoms with van der Waals surface area (Å²) in [7, 11) is 0. The van der Waals surface area contributed by atoms with E-state index in [2.05, 4.69) is 130 Å². The molecule has 0 amide bonds. The van der Waals surface area contributed by atoms with Crippen molar-refractivity contribution in [3.63, 3.8) is 0 Å². The Labute approximate surface area is 489 Å². The molecule has 0 aliphatic rings. The lowest BCUT2D eigenvalue weighted by Crippen LogP contribution is -2.30. The minimum Gasteiger partial charge on any atom is -0.462 e. The van der Waals surface area contributed by atoms with Crippen molar-refractivity contribution in [2.75, 3.05) is 13.2 Å². The van der Waals surface area contributed by atoms with Crippen molar-refractivity contribution in [1.29, 1.82) is 0 Å². The molecule has 0 aromatic carbocycles. The molecule has 0 rings (SSSR count). The van der Waals surface area contributed by atoms with Gasteiger partial charge in [0.2, 0.25) is 0 Å². The Morgan fingerprint density at radius 3 is 0.797 bits per heavy atom. The number of esters is 3. The Bertz CT molecular complexity index is 1590. The second kappa shape index (κ2) is 66.6. The molecule has 0 aromatic heterocycles. The summed E-state index contributed by atoms with van der Waals surface area (Å²) in [6.07, 6.45) is 90.9. The van der Waals surface area contributed by atoms with Gasteiger partial charge in [-0.3, -0.25) is 14.4 Å². The van der Waals surface area contributed by atoms with Gasteiger partial charge >= 0.3 is 17.9 Å². The third-order valence-corrected chi connectivity index (χ3v) is 14.3. The molecular formula is C73H124O6. The fraction of sp³-hybridized carbons (Fsp3) is 0.712. The predicted molar refractivity (Wildman–Crippen MR) is 343 cm³/mol. The van der Waals surface area contributed by atoms with Crippen LogP contribution in [0.25, 0.3) is 0 Å². The number of carbonyl (C=O) groups is 3. The Kier molecular flexibility index (Phi) is 63.3. The lowest BCUT2D eigenvalue weighted by molar-refractivity contribution is -0.167. The molecule has 0 aromatic rings. The summed E-state index contributed by atoms with van der Waals surface area (Å²) in [6, 6.07) is 0. The van der Waals surface area contributed by atoms with Gasteiger partial charge in [-0.1, -0.05) is 297 Å². The van der Waals surface area contributed by atoms with Crippen LogP contribution in [0, 0.1) is 0 Å². The molecule has 0 saturated heterocycles. The summed E-state index contributed by atoms with van der Waals surface area (Å²) in [6.45, 7) is 6.51. The van der Waals surface area contributed by atoms with Crippen molar-refractivity contribution in [1.82, 2.24) is 0 Å². The maximum Gasteiger partial charge on any atom is 0.306 e. The van der Waals surface area contributed by atoms with Gasteiger partial charge < -0.3 is 14.2 Å². The summed E-state index contributed by atoms with van der Waals surface area (Å²) >= 11 is 0. The average Bonchev–Trinajstić information content (AvgIpc) is 3.45. The maximum absolute atomic E-state index is 12.9. The van der Waals surface area contributed by atoms with Crippen molar-refractivity contribution in [2.24, 2.45) is 0 Å². The van der Waals surface area contributed by atoms with Gasteiger partial charge in [-0.15, -0.1) is 0 Å². The Morgan fingerprint density at radius 2 is 0.494 bits per heavy atom. The lowest BCUT2D eigenvalue weighted by atomic mass is 10.0. The van der Waals surface area contributed by atoms with Crippen LogP contribution in [0.15, 0.2) is 109 Å². The van der Waals surface area contributed by atoms with Crippen molar-refractivity contribution >= 4 is 17.9 Å². The van der Waals surface area contributed by atoms with Gasteiger partial charge in [-0.2, -0.15) is 0 Å². The van der Waals surface area contributed by atoms with E-state index in [-0.39, 0.29) is 31.1 Å². The van der Waals surface area contributed by atoms with Crippen molar-refractivity contribution in [3.8, 4) is 0 Å². The van der Waals surface area contributed by atoms with Crippen LogP contribution < -0.4 is 0 Å². The number of hydrogen-bond donors (Lipinski definition) is 0. The molecule has 6 nitrogen and oxygen atoms in total. The molecule has 0 heterocycles. The molecule has 0 spiro atoms. The first-order chi connectivity index (χ1) is 39.0. The van der Waals surface area contributed by atoms with E-state index in [1.165, 1.54) is 154 Å². The Balaban J connectivity index is 4.31. The molecule has 0 bridgehead atoms. The van der Waals surface area contributed by atoms with Crippen molar-refractivity contribution < 1.29 is 28.6 Å². The van der Waals surface area contributed by atoms with Gasteiger partial charge in [0.25, 0.3) is 0 Å². The van der Waals surface area contributed by atoms with Crippen LogP contribution in [0.5, 0.6) is 0 Å². The molecule has 0 aliphatic carbocycles. The highest BCUT2D eigenvalue weighted by Gasteiger charge is 2.19. The number of unbranched alkanes of at least 4 members (excludes halogenated alkanes) is 31. The zero-order valence-electron chi connectivity index (χ0n) is 51.9. The van der Waals surface area contributed by atoms with Crippen LogP contribution in [0.4, 0.5) is 0 Å². The van der Waals surface area contributed by atoms with Crippen LogP contribution in [-0.2, 0) is 28.6 Å². The summed E-state index contributed by atoms with van der Waals surface area (Å²) < 4.78 is 16.9. The second-order valence-electron chi connectivity index (χ2n) is 22.0. The highest BCUT2D eigenvalue weighted by molar-refractivity contribution is 5.71. The van der Waals surface area contributed by atoms with Crippen LogP contribution in [0.2, 0.25) is 0 Å². The molecule has 0 N–H and O–H groups in total. The van der Waals surface area contributed by atoms with Crippen LogP contribution in [0.1, 0.15) is 316 Å².